The number of azide groups is 1. The Balaban J connectivity index is 3.15. The number of rotatable bonds is 3. The van der Waals surface area contributed by atoms with E-state index >= 15 is 0 Å². The number of methoxy groups -OCH3 is 1. The number of ether oxygens (including phenoxy) is 1. The summed E-state index contributed by atoms with van der Waals surface area (Å²) in [5, 5.41) is 3.65. The van der Waals surface area contributed by atoms with Crippen molar-refractivity contribution in [1.29, 1.82) is 0 Å². The second-order valence-electron chi connectivity index (χ2n) is 3.13. The third-order valence-corrected chi connectivity index (χ3v) is 2.06. The van der Waals surface area contributed by atoms with E-state index in [0.29, 0.717) is 0 Å². The monoisotopic (exact) mass is 191 g/mol. The van der Waals surface area contributed by atoms with Crippen molar-refractivity contribution in [2.75, 3.05) is 7.11 Å². The molecule has 0 aromatic heterocycles. The van der Waals surface area contributed by atoms with Crippen LogP contribution in [0.25, 0.3) is 10.4 Å². The van der Waals surface area contributed by atoms with Gasteiger partial charge in [-0.2, -0.15) is 0 Å². The number of nitrogens with zero attached hydrogens (tertiary/aromatic N) is 3. The molecule has 0 fully saturated rings. The maximum absolute atomic E-state index is 8.35. The molecular weight excluding hydrogens is 178 g/mol. The fourth-order valence-corrected chi connectivity index (χ4v) is 1.32. The van der Waals surface area contributed by atoms with Crippen LogP contribution in [-0.2, 0) is 0 Å². The van der Waals surface area contributed by atoms with Crippen LogP contribution in [0.3, 0.4) is 0 Å². The molecule has 4 nitrogen and oxygen atoms in total. The summed E-state index contributed by atoms with van der Waals surface area (Å²) in [7, 11) is 1.61. The SMILES string of the molecule is COc1ccc(C)cc1C(C)N=[N+]=[N-]. The topological polar surface area (TPSA) is 58.0 Å². The number of aryl methyl sites for hydroxylation is 1. The van der Waals surface area contributed by atoms with Gasteiger partial charge in [0.2, 0.25) is 0 Å². The van der Waals surface area contributed by atoms with Crippen LogP contribution < -0.4 is 4.74 Å². The molecule has 0 saturated heterocycles. The lowest BCUT2D eigenvalue weighted by Crippen LogP contribution is -1.95. The minimum absolute atomic E-state index is 0.199. The fourth-order valence-electron chi connectivity index (χ4n) is 1.32. The van der Waals surface area contributed by atoms with E-state index in [1.165, 1.54) is 0 Å². The molecule has 0 spiro atoms. The predicted molar refractivity (Wildman–Crippen MR) is 55.3 cm³/mol. The van der Waals surface area contributed by atoms with Crippen LogP contribution in [0, 0.1) is 6.92 Å². The molecule has 0 radical (unpaired) electrons. The third-order valence-electron chi connectivity index (χ3n) is 2.06. The van der Waals surface area contributed by atoms with Crippen LogP contribution >= 0.6 is 0 Å². The van der Waals surface area contributed by atoms with E-state index < -0.39 is 0 Å². The number of benzene rings is 1. The first-order valence-corrected chi connectivity index (χ1v) is 4.37. The summed E-state index contributed by atoms with van der Waals surface area (Å²) in [5.41, 5.74) is 10.4. The standard InChI is InChI=1S/C10H13N3O/c1-7-4-5-10(14-3)9(6-7)8(2)12-13-11/h4-6,8H,1-3H3. The molecule has 0 amide bonds. The maximum atomic E-state index is 8.35. The highest BCUT2D eigenvalue weighted by Gasteiger charge is 2.09. The fraction of sp³-hybridized carbons (Fsp3) is 0.400. The highest BCUT2D eigenvalue weighted by molar-refractivity contribution is 5.38. The average Bonchev–Trinajstić information content (AvgIpc) is 2.18. The smallest absolute Gasteiger partial charge is 0.122 e. The molecule has 0 aliphatic carbocycles. The van der Waals surface area contributed by atoms with Gasteiger partial charge in [0.15, 0.2) is 0 Å². The van der Waals surface area contributed by atoms with Gasteiger partial charge in [-0.1, -0.05) is 29.7 Å². The molecule has 0 saturated carbocycles. The molecule has 0 bridgehead atoms. The molecule has 14 heavy (non-hydrogen) atoms. The Morgan fingerprint density at radius 1 is 1.50 bits per heavy atom. The van der Waals surface area contributed by atoms with Crippen LogP contribution in [0.15, 0.2) is 23.3 Å². The van der Waals surface area contributed by atoms with Crippen molar-refractivity contribution < 1.29 is 4.74 Å². The molecule has 0 aliphatic rings. The zero-order chi connectivity index (χ0) is 10.6. The van der Waals surface area contributed by atoms with Gasteiger partial charge >= 0.3 is 0 Å². The van der Waals surface area contributed by atoms with Gasteiger partial charge in [0.1, 0.15) is 5.75 Å². The van der Waals surface area contributed by atoms with Crippen molar-refractivity contribution in [2.45, 2.75) is 19.9 Å². The molecule has 1 aromatic rings. The van der Waals surface area contributed by atoms with Gasteiger partial charge < -0.3 is 4.74 Å². The molecular formula is C10H13N3O. The van der Waals surface area contributed by atoms with Crippen molar-refractivity contribution in [3.8, 4) is 5.75 Å². The van der Waals surface area contributed by atoms with Crippen LogP contribution in [0.5, 0.6) is 5.75 Å². The van der Waals surface area contributed by atoms with Crippen LogP contribution in [0.4, 0.5) is 0 Å². The molecule has 1 unspecified atom stereocenters. The molecule has 0 N–H and O–H groups in total. The molecule has 4 heteroatoms. The zero-order valence-electron chi connectivity index (χ0n) is 8.56. The lowest BCUT2D eigenvalue weighted by molar-refractivity contribution is 0.406. The Hall–Kier alpha value is -1.67. The Labute approximate surface area is 83.1 Å². The number of hydrogen-bond donors (Lipinski definition) is 0. The molecule has 1 rings (SSSR count). The second-order valence-corrected chi connectivity index (χ2v) is 3.13. The van der Waals surface area contributed by atoms with E-state index in [-0.39, 0.29) is 6.04 Å². The lowest BCUT2D eigenvalue weighted by atomic mass is 10.1. The molecule has 0 aliphatic heterocycles. The quantitative estimate of drug-likeness (QED) is 0.410. The highest BCUT2D eigenvalue weighted by Crippen LogP contribution is 2.28. The van der Waals surface area contributed by atoms with Crippen molar-refractivity contribution in [1.82, 2.24) is 0 Å². The van der Waals surface area contributed by atoms with E-state index in [0.717, 1.165) is 16.9 Å². The van der Waals surface area contributed by atoms with Crippen molar-refractivity contribution in [2.24, 2.45) is 5.11 Å². The first kappa shape index (κ1) is 10.4. The van der Waals surface area contributed by atoms with E-state index in [1.54, 1.807) is 7.11 Å². The summed E-state index contributed by atoms with van der Waals surface area (Å²) in [6, 6.07) is 5.62. The second kappa shape index (κ2) is 4.53. The van der Waals surface area contributed by atoms with Gasteiger partial charge in [-0.25, -0.2) is 0 Å². The Morgan fingerprint density at radius 2 is 2.21 bits per heavy atom. The summed E-state index contributed by atoms with van der Waals surface area (Å²) in [6.45, 7) is 3.84. The lowest BCUT2D eigenvalue weighted by Gasteiger charge is -2.11. The highest BCUT2D eigenvalue weighted by atomic mass is 16.5. The Kier molecular flexibility index (Phi) is 3.37. The number of hydrogen-bond acceptors (Lipinski definition) is 2. The van der Waals surface area contributed by atoms with Crippen LogP contribution in [-0.4, -0.2) is 7.11 Å². The van der Waals surface area contributed by atoms with Crippen molar-refractivity contribution in [3.63, 3.8) is 0 Å². The Bertz CT molecular complexity index is 370. The minimum Gasteiger partial charge on any atom is -0.496 e. The summed E-state index contributed by atoms with van der Waals surface area (Å²) in [4.78, 5) is 2.79. The van der Waals surface area contributed by atoms with Crippen molar-refractivity contribution in [3.05, 3.63) is 39.8 Å². The zero-order valence-corrected chi connectivity index (χ0v) is 8.56. The minimum atomic E-state index is -0.199. The van der Waals surface area contributed by atoms with Gasteiger partial charge in [-0.05, 0) is 18.5 Å². The van der Waals surface area contributed by atoms with Gasteiger partial charge in [-0.3, -0.25) is 0 Å². The van der Waals surface area contributed by atoms with Gasteiger partial charge in [-0.15, -0.1) is 0 Å². The van der Waals surface area contributed by atoms with Gasteiger partial charge in [0.25, 0.3) is 0 Å². The predicted octanol–water partition coefficient (Wildman–Crippen LogP) is 3.37. The van der Waals surface area contributed by atoms with E-state index in [2.05, 4.69) is 10.0 Å². The normalized spacial score (nSPS) is 11.6. The summed E-state index contributed by atoms with van der Waals surface area (Å²) >= 11 is 0. The maximum Gasteiger partial charge on any atom is 0.122 e. The average molecular weight is 191 g/mol. The molecule has 1 atom stereocenters. The summed E-state index contributed by atoms with van der Waals surface area (Å²) < 4.78 is 5.18. The van der Waals surface area contributed by atoms with Crippen LogP contribution in [0.1, 0.15) is 24.1 Å². The molecule has 1 aromatic carbocycles. The van der Waals surface area contributed by atoms with E-state index in [1.807, 2.05) is 32.0 Å². The first-order valence-electron chi connectivity index (χ1n) is 4.37. The third kappa shape index (κ3) is 2.18. The van der Waals surface area contributed by atoms with Crippen molar-refractivity contribution >= 4 is 0 Å². The van der Waals surface area contributed by atoms with Gasteiger partial charge in [0, 0.05) is 10.5 Å². The largest absolute Gasteiger partial charge is 0.496 e. The first-order chi connectivity index (χ1) is 6.69. The van der Waals surface area contributed by atoms with Gasteiger partial charge in [0.05, 0.1) is 13.2 Å². The van der Waals surface area contributed by atoms with E-state index in [4.69, 9.17) is 10.3 Å². The van der Waals surface area contributed by atoms with Crippen LogP contribution in [0.2, 0.25) is 0 Å². The van der Waals surface area contributed by atoms with E-state index in [9.17, 15) is 0 Å². The molecule has 0 heterocycles. The summed E-state index contributed by atoms with van der Waals surface area (Å²) in [5.74, 6) is 0.760. The summed E-state index contributed by atoms with van der Waals surface area (Å²) in [6.07, 6.45) is 0. The molecule has 74 valence electrons. The Morgan fingerprint density at radius 3 is 2.79 bits per heavy atom.